The molecule has 9 nitrogen and oxygen atoms in total. The van der Waals surface area contributed by atoms with Gasteiger partial charge >= 0.3 is 11.6 Å². The van der Waals surface area contributed by atoms with Crippen molar-refractivity contribution in [2.45, 2.75) is 26.9 Å². The van der Waals surface area contributed by atoms with Crippen molar-refractivity contribution >= 4 is 23.3 Å². The van der Waals surface area contributed by atoms with Crippen molar-refractivity contribution in [2.75, 3.05) is 5.32 Å². The number of benzene rings is 1. The molecule has 1 heterocycles. The van der Waals surface area contributed by atoms with Gasteiger partial charge in [0.1, 0.15) is 11.3 Å². The third-order valence-corrected chi connectivity index (χ3v) is 3.54. The second-order valence-corrected chi connectivity index (χ2v) is 5.52. The monoisotopic (exact) mass is 360 g/mol. The van der Waals surface area contributed by atoms with Crippen LogP contribution in [0.25, 0.3) is 0 Å². The number of nitro benzene ring substituents is 1. The molecule has 1 amide bonds. The van der Waals surface area contributed by atoms with Gasteiger partial charge in [-0.05, 0) is 38.5 Å². The molecule has 0 saturated heterocycles. The molecule has 136 valence electrons. The van der Waals surface area contributed by atoms with E-state index in [1.165, 1.54) is 38.1 Å². The van der Waals surface area contributed by atoms with Crippen molar-refractivity contribution in [2.24, 2.45) is 0 Å². The number of carbonyl (C=O) groups excluding carboxylic acids is 2. The van der Waals surface area contributed by atoms with E-state index in [1.807, 2.05) is 0 Å². The minimum atomic E-state index is -1.14. The summed E-state index contributed by atoms with van der Waals surface area (Å²) in [6.07, 6.45) is -1.14. The molecule has 0 spiro atoms. The van der Waals surface area contributed by atoms with Crippen LogP contribution < -0.4 is 10.9 Å². The summed E-state index contributed by atoms with van der Waals surface area (Å²) in [7, 11) is 0. The maximum atomic E-state index is 12.2. The van der Waals surface area contributed by atoms with E-state index in [9.17, 15) is 24.5 Å². The third kappa shape index (κ3) is 4.32. The number of hydrogen-bond donors (Lipinski definition) is 1. The summed E-state index contributed by atoms with van der Waals surface area (Å²) >= 11 is 0. The van der Waals surface area contributed by atoms with E-state index in [2.05, 4.69) is 5.32 Å². The molecule has 9 heteroatoms. The zero-order valence-electron chi connectivity index (χ0n) is 14.3. The number of rotatable bonds is 5. The van der Waals surface area contributed by atoms with Crippen molar-refractivity contribution in [1.82, 2.24) is 0 Å². The van der Waals surface area contributed by atoms with Crippen LogP contribution in [0.15, 0.2) is 39.5 Å². The van der Waals surface area contributed by atoms with Crippen molar-refractivity contribution < 1.29 is 23.7 Å². The van der Waals surface area contributed by atoms with E-state index in [-0.39, 0.29) is 17.0 Å². The van der Waals surface area contributed by atoms with Crippen molar-refractivity contribution in [3.63, 3.8) is 0 Å². The third-order valence-electron chi connectivity index (χ3n) is 3.54. The number of nitro groups is 1. The number of esters is 1. The Kier molecular flexibility index (Phi) is 5.51. The fourth-order valence-electron chi connectivity index (χ4n) is 2.25. The second kappa shape index (κ2) is 7.60. The lowest BCUT2D eigenvalue weighted by molar-refractivity contribution is -0.384. The summed E-state index contributed by atoms with van der Waals surface area (Å²) in [5, 5.41) is 13.1. The van der Waals surface area contributed by atoms with Gasteiger partial charge in [-0.3, -0.25) is 14.9 Å². The van der Waals surface area contributed by atoms with Gasteiger partial charge in [-0.1, -0.05) is 0 Å². The zero-order valence-corrected chi connectivity index (χ0v) is 14.3. The molecular formula is C17H16N2O7. The number of nitrogens with one attached hydrogen (secondary N) is 1. The zero-order chi connectivity index (χ0) is 19.4. The lowest BCUT2D eigenvalue weighted by Gasteiger charge is -2.14. The van der Waals surface area contributed by atoms with Crippen LogP contribution in [0.5, 0.6) is 0 Å². The number of amides is 1. The van der Waals surface area contributed by atoms with E-state index in [1.54, 1.807) is 6.92 Å². The van der Waals surface area contributed by atoms with Crippen LogP contribution in [0.4, 0.5) is 11.4 Å². The van der Waals surface area contributed by atoms with Crippen LogP contribution >= 0.6 is 0 Å². The quantitative estimate of drug-likeness (QED) is 0.492. The van der Waals surface area contributed by atoms with Gasteiger partial charge in [-0.15, -0.1) is 0 Å². The Morgan fingerprint density at radius 3 is 2.38 bits per heavy atom. The average Bonchev–Trinajstić information content (AvgIpc) is 2.54. The van der Waals surface area contributed by atoms with Crippen molar-refractivity contribution in [3.8, 4) is 0 Å². The molecule has 2 rings (SSSR count). The molecule has 0 aliphatic rings. The van der Waals surface area contributed by atoms with Crippen LogP contribution in [0, 0.1) is 24.0 Å². The van der Waals surface area contributed by atoms with E-state index >= 15 is 0 Å². The highest BCUT2D eigenvalue weighted by Gasteiger charge is 2.23. The van der Waals surface area contributed by atoms with Gasteiger partial charge in [0.2, 0.25) is 0 Å². The molecule has 0 aliphatic carbocycles. The van der Waals surface area contributed by atoms with Gasteiger partial charge in [0, 0.05) is 23.9 Å². The summed E-state index contributed by atoms with van der Waals surface area (Å²) in [5.74, 6) is -1.31. The van der Waals surface area contributed by atoms with Gasteiger partial charge in [-0.2, -0.15) is 0 Å². The number of anilines is 1. The maximum Gasteiger partial charge on any atom is 0.342 e. The maximum absolute atomic E-state index is 12.2. The molecular weight excluding hydrogens is 344 g/mol. The number of carbonyl (C=O) groups is 2. The molecule has 1 atom stereocenters. The predicted octanol–water partition coefficient (Wildman–Crippen LogP) is 2.35. The lowest BCUT2D eigenvalue weighted by Crippen LogP contribution is -2.30. The van der Waals surface area contributed by atoms with Gasteiger partial charge < -0.3 is 14.5 Å². The number of hydrogen-bond acceptors (Lipinski definition) is 7. The van der Waals surface area contributed by atoms with E-state index in [0.29, 0.717) is 11.3 Å². The topological polar surface area (TPSA) is 129 Å². The number of ether oxygens (including phenoxy) is 1. The van der Waals surface area contributed by atoms with Gasteiger partial charge in [0.05, 0.1) is 4.92 Å². The van der Waals surface area contributed by atoms with Crippen LogP contribution in [0.2, 0.25) is 0 Å². The summed E-state index contributed by atoms with van der Waals surface area (Å²) in [4.78, 5) is 45.7. The Hall–Kier alpha value is -3.49. The molecule has 0 unspecified atom stereocenters. The lowest BCUT2D eigenvalue weighted by atomic mass is 10.1. The summed E-state index contributed by atoms with van der Waals surface area (Å²) in [6.45, 7) is 4.39. The van der Waals surface area contributed by atoms with Crippen LogP contribution in [0.3, 0.4) is 0 Å². The number of non-ortho nitro benzene ring substituents is 1. The van der Waals surface area contributed by atoms with E-state index in [0.717, 1.165) is 6.07 Å². The normalized spacial score (nSPS) is 11.5. The molecule has 0 saturated carbocycles. The number of aryl methyl sites for hydroxylation is 2. The molecule has 0 aliphatic heterocycles. The SMILES string of the molecule is Cc1cc(=O)oc(C)c1C(=O)O[C@H](C)C(=O)Nc1ccc([N+](=O)[O-])cc1. The van der Waals surface area contributed by atoms with Crippen LogP contribution in [-0.2, 0) is 9.53 Å². The van der Waals surface area contributed by atoms with Gasteiger partial charge in [-0.25, -0.2) is 9.59 Å². The fraction of sp³-hybridized carbons (Fsp3) is 0.235. The molecule has 1 aromatic carbocycles. The van der Waals surface area contributed by atoms with Gasteiger partial charge in [0.15, 0.2) is 6.10 Å². The predicted molar refractivity (Wildman–Crippen MR) is 91.1 cm³/mol. The minimum Gasteiger partial charge on any atom is -0.449 e. The molecule has 0 bridgehead atoms. The highest BCUT2D eigenvalue weighted by Crippen LogP contribution is 2.17. The molecule has 0 radical (unpaired) electrons. The Morgan fingerprint density at radius 2 is 1.85 bits per heavy atom. The first-order valence-electron chi connectivity index (χ1n) is 7.56. The Morgan fingerprint density at radius 1 is 1.23 bits per heavy atom. The molecule has 26 heavy (non-hydrogen) atoms. The number of nitrogens with zero attached hydrogens (tertiary/aromatic N) is 1. The highest BCUT2D eigenvalue weighted by molar-refractivity contribution is 5.98. The smallest absolute Gasteiger partial charge is 0.342 e. The standard InChI is InChI=1S/C17H16N2O7/c1-9-8-14(20)25-10(2)15(9)17(22)26-11(3)16(21)18-12-4-6-13(7-5-12)19(23)24/h4-8,11H,1-3H3,(H,18,21)/t11-/m1/s1. The summed E-state index contributed by atoms with van der Waals surface area (Å²) < 4.78 is 9.98. The second-order valence-electron chi connectivity index (χ2n) is 5.52. The Bertz CT molecular complexity index is 889. The van der Waals surface area contributed by atoms with Crippen molar-refractivity contribution in [1.29, 1.82) is 0 Å². The minimum absolute atomic E-state index is 0.0829. The molecule has 1 N–H and O–H groups in total. The van der Waals surface area contributed by atoms with Gasteiger partial charge in [0.25, 0.3) is 11.6 Å². The first kappa shape index (κ1) is 18.8. The van der Waals surface area contributed by atoms with Crippen LogP contribution in [-0.4, -0.2) is 22.9 Å². The van der Waals surface area contributed by atoms with Crippen LogP contribution in [0.1, 0.15) is 28.6 Å². The fourth-order valence-corrected chi connectivity index (χ4v) is 2.25. The molecule has 1 aromatic heterocycles. The largest absolute Gasteiger partial charge is 0.449 e. The highest BCUT2D eigenvalue weighted by atomic mass is 16.6. The van der Waals surface area contributed by atoms with E-state index in [4.69, 9.17) is 9.15 Å². The summed E-state index contributed by atoms with van der Waals surface area (Å²) in [5.41, 5.74) is 0.0902. The molecule has 2 aromatic rings. The first-order valence-corrected chi connectivity index (χ1v) is 7.56. The molecule has 0 fully saturated rings. The average molecular weight is 360 g/mol. The Labute approximate surface area is 147 Å². The summed E-state index contributed by atoms with van der Waals surface area (Å²) in [6, 6.07) is 6.37. The first-order chi connectivity index (χ1) is 12.2. The van der Waals surface area contributed by atoms with Crippen molar-refractivity contribution in [3.05, 3.63) is 67.8 Å². The van der Waals surface area contributed by atoms with E-state index < -0.39 is 28.5 Å². The Balaban J connectivity index is 2.06.